The first-order chi connectivity index (χ1) is 11.6. The molecule has 1 aromatic heterocycles. The van der Waals surface area contributed by atoms with Gasteiger partial charge in [0.2, 0.25) is 5.91 Å². The SMILES string of the molecule is CC(C)(C)OC(=O)NC(C)(C)C(=O)NC1CC(c2ccncc2)NN1. The van der Waals surface area contributed by atoms with Gasteiger partial charge in [0.15, 0.2) is 0 Å². The third-order valence-electron chi connectivity index (χ3n) is 3.70. The zero-order valence-corrected chi connectivity index (χ0v) is 15.3. The zero-order valence-electron chi connectivity index (χ0n) is 15.3. The van der Waals surface area contributed by atoms with Gasteiger partial charge >= 0.3 is 6.09 Å². The van der Waals surface area contributed by atoms with Gasteiger partial charge in [0.1, 0.15) is 11.1 Å². The van der Waals surface area contributed by atoms with Crippen LogP contribution in [0, 0.1) is 0 Å². The number of amides is 2. The molecule has 0 radical (unpaired) electrons. The molecule has 25 heavy (non-hydrogen) atoms. The smallest absolute Gasteiger partial charge is 0.408 e. The second kappa shape index (κ2) is 7.37. The minimum atomic E-state index is -1.10. The molecule has 2 atom stereocenters. The molecule has 1 aromatic rings. The fourth-order valence-electron chi connectivity index (χ4n) is 2.42. The van der Waals surface area contributed by atoms with Crippen LogP contribution in [0.15, 0.2) is 24.5 Å². The van der Waals surface area contributed by atoms with Gasteiger partial charge in [-0.25, -0.2) is 15.6 Å². The summed E-state index contributed by atoms with van der Waals surface area (Å²) in [6.45, 7) is 8.58. The van der Waals surface area contributed by atoms with Crippen LogP contribution in [0.5, 0.6) is 0 Å². The van der Waals surface area contributed by atoms with Crippen molar-refractivity contribution in [2.75, 3.05) is 0 Å². The molecule has 1 fully saturated rings. The van der Waals surface area contributed by atoms with E-state index in [4.69, 9.17) is 4.74 Å². The molecule has 2 rings (SSSR count). The summed E-state index contributed by atoms with van der Waals surface area (Å²) >= 11 is 0. The number of carbonyl (C=O) groups is 2. The number of carbonyl (C=O) groups excluding carboxylic acids is 2. The molecule has 1 aliphatic rings. The highest BCUT2D eigenvalue weighted by atomic mass is 16.6. The maximum absolute atomic E-state index is 12.5. The molecule has 0 aromatic carbocycles. The molecule has 0 spiro atoms. The first-order valence-corrected chi connectivity index (χ1v) is 8.30. The topological polar surface area (TPSA) is 104 Å². The number of rotatable bonds is 4. The molecule has 4 N–H and O–H groups in total. The van der Waals surface area contributed by atoms with Crippen LogP contribution in [0.25, 0.3) is 0 Å². The van der Waals surface area contributed by atoms with Gasteiger partial charge in [0.05, 0.1) is 6.17 Å². The third-order valence-corrected chi connectivity index (χ3v) is 3.70. The quantitative estimate of drug-likeness (QED) is 0.654. The van der Waals surface area contributed by atoms with E-state index in [1.165, 1.54) is 0 Å². The van der Waals surface area contributed by atoms with Gasteiger partial charge < -0.3 is 15.4 Å². The lowest BCUT2D eigenvalue weighted by Crippen LogP contribution is -2.59. The predicted octanol–water partition coefficient (Wildman–Crippen LogP) is 1.37. The number of ether oxygens (including phenoxy) is 1. The van der Waals surface area contributed by atoms with Crippen molar-refractivity contribution in [2.24, 2.45) is 0 Å². The van der Waals surface area contributed by atoms with E-state index < -0.39 is 17.2 Å². The summed E-state index contributed by atoms with van der Waals surface area (Å²) < 4.78 is 5.20. The van der Waals surface area contributed by atoms with Crippen LogP contribution in [0.3, 0.4) is 0 Å². The Bertz CT molecular complexity index is 612. The van der Waals surface area contributed by atoms with E-state index >= 15 is 0 Å². The van der Waals surface area contributed by atoms with Crippen molar-refractivity contribution in [3.05, 3.63) is 30.1 Å². The summed E-state index contributed by atoms with van der Waals surface area (Å²) in [5, 5.41) is 5.49. The van der Waals surface area contributed by atoms with Gasteiger partial charge in [-0.15, -0.1) is 0 Å². The number of hydrogen-bond acceptors (Lipinski definition) is 6. The molecule has 2 amide bonds. The van der Waals surface area contributed by atoms with Crippen LogP contribution in [-0.2, 0) is 9.53 Å². The number of alkyl carbamates (subject to hydrolysis) is 1. The minimum Gasteiger partial charge on any atom is -0.444 e. The fourth-order valence-corrected chi connectivity index (χ4v) is 2.42. The number of aromatic nitrogens is 1. The Balaban J connectivity index is 1.87. The highest BCUT2D eigenvalue weighted by molar-refractivity contribution is 5.89. The highest BCUT2D eigenvalue weighted by Gasteiger charge is 2.34. The number of nitrogens with one attached hydrogen (secondary N) is 4. The van der Waals surface area contributed by atoms with E-state index in [1.54, 1.807) is 47.0 Å². The fraction of sp³-hybridized carbons (Fsp3) is 0.588. The van der Waals surface area contributed by atoms with Gasteiger partial charge in [-0.05, 0) is 52.3 Å². The third kappa shape index (κ3) is 5.68. The number of hydrazine groups is 1. The second-order valence-electron chi connectivity index (χ2n) is 7.64. The molecule has 8 nitrogen and oxygen atoms in total. The zero-order chi connectivity index (χ0) is 18.7. The summed E-state index contributed by atoms with van der Waals surface area (Å²) in [6, 6.07) is 3.94. The first kappa shape index (κ1) is 19.1. The number of pyridine rings is 1. The number of nitrogens with zero attached hydrogens (tertiary/aromatic N) is 1. The first-order valence-electron chi connectivity index (χ1n) is 8.30. The van der Waals surface area contributed by atoms with E-state index in [-0.39, 0.29) is 18.1 Å². The Hall–Kier alpha value is -2.19. The Kier molecular flexibility index (Phi) is 5.64. The average molecular weight is 349 g/mol. The molecule has 1 aliphatic heterocycles. The van der Waals surface area contributed by atoms with E-state index in [2.05, 4.69) is 26.5 Å². The van der Waals surface area contributed by atoms with E-state index in [9.17, 15) is 9.59 Å². The van der Waals surface area contributed by atoms with Crippen molar-refractivity contribution in [2.45, 2.75) is 64.4 Å². The molecule has 1 saturated heterocycles. The second-order valence-corrected chi connectivity index (χ2v) is 7.64. The standard InChI is InChI=1S/C17H27N5O3/c1-16(2,3)25-15(24)20-17(4,5)14(23)19-13-10-12(21-22-13)11-6-8-18-9-7-11/h6-9,12-13,21-22H,10H2,1-5H3,(H,19,23)(H,20,24). The van der Waals surface area contributed by atoms with Crippen LogP contribution < -0.4 is 21.5 Å². The Labute approximate surface area is 148 Å². The summed E-state index contributed by atoms with van der Waals surface area (Å²) in [6.07, 6.45) is 3.27. The molecular formula is C17H27N5O3. The van der Waals surface area contributed by atoms with Gasteiger partial charge in [-0.3, -0.25) is 9.78 Å². The summed E-state index contributed by atoms with van der Waals surface area (Å²) in [7, 11) is 0. The molecule has 2 unspecified atom stereocenters. The number of hydrogen-bond donors (Lipinski definition) is 4. The van der Waals surface area contributed by atoms with E-state index in [1.807, 2.05) is 12.1 Å². The lowest BCUT2D eigenvalue weighted by molar-refractivity contribution is -0.127. The lowest BCUT2D eigenvalue weighted by Gasteiger charge is -2.28. The van der Waals surface area contributed by atoms with Crippen molar-refractivity contribution in [3.8, 4) is 0 Å². The molecule has 2 heterocycles. The predicted molar refractivity (Wildman–Crippen MR) is 93.2 cm³/mol. The van der Waals surface area contributed by atoms with Crippen LogP contribution in [-0.4, -0.2) is 34.3 Å². The lowest BCUT2D eigenvalue weighted by atomic mass is 10.0. The van der Waals surface area contributed by atoms with Crippen LogP contribution >= 0.6 is 0 Å². The Morgan fingerprint density at radius 1 is 1.16 bits per heavy atom. The molecule has 0 bridgehead atoms. The Morgan fingerprint density at radius 2 is 1.80 bits per heavy atom. The van der Waals surface area contributed by atoms with Gasteiger partial charge in [-0.2, -0.15) is 0 Å². The van der Waals surface area contributed by atoms with Crippen LogP contribution in [0.4, 0.5) is 4.79 Å². The maximum atomic E-state index is 12.5. The Morgan fingerprint density at radius 3 is 2.40 bits per heavy atom. The van der Waals surface area contributed by atoms with Gasteiger partial charge in [0, 0.05) is 24.9 Å². The molecule has 8 heteroatoms. The summed E-state index contributed by atoms with van der Waals surface area (Å²) in [5.74, 6) is -0.298. The van der Waals surface area contributed by atoms with Crippen LogP contribution in [0.2, 0.25) is 0 Å². The van der Waals surface area contributed by atoms with E-state index in [0.29, 0.717) is 6.42 Å². The van der Waals surface area contributed by atoms with Crippen molar-refractivity contribution in [1.29, 1.82) is 0 Å². The van der Waals surface area contributed by atoms with Crippen molar-refractivity contribution in [3.63, 3.8) is 0 Å². The van der Waals surface area contributed by atoms with E-state index in [0.717, 1.165) is 5.56 Å². The molecule has 138 valence electrons. The van der Waals surface area contributed by atoms with Crippen molar-refractivity contribution in [1.82, 2.24) is 26.5 Å². The van der Waals surface area contributed by atoms with Crippen molar-refractivity contribution < 1.29 is 14.3 Å². The van der Waals surface area contributed by atoms with Crippen LogP contribution in [0.1, 0.15) is 52.6 Å². The summed E-state index contributed by atoms with van der Waals surface area (Å²) in [4.78, 5) is 28.4. The normalized spacial score (nSPS) is 20.8. The highest BCUT2D eigenvalue weighted by Crippen LogP contribution is 2.20. The van der Waals surface area contributed by atoms with Crippen molar-refractivity contribution >= 4 is 12.0 Å². The maximum Gasteiger partial charge on any atom is 0.408 e. The summed E-state index contributed by atoms with van der Waals surface area (Å²) in [5.41, 5.74) is 5.57. The van der Waals surface area contributed by atoms with Gasteiger partial charge in [-0.1, -0.05) is 0 Å². The molecule has 0 saturated carbocycles. The molecule has 0 aliphatic carbocycles. The average Bonchev–Trinajstić information content (AvgIpc) is 2.94. The van der Waals surface area contributed by atoms with Gasteiger partial charge in [0.25, 0.3) is 0 Å². The molecular weight excluding hydrogens is 322 g/mol. The largest absolute Gasteiger partial charge is 0.444 e. The monoisotopic (exact) mass is 349 g/mol. The minimum absolute atomic E-state index is 0.0789.